The molecule has 18 atom stereocenters. The Morgan fingerprint density at radius 2 is 1.12 bits per heavy atom. The molecule has 76 heavy (non-hydrogen) atoms. The lowest BCUT2D eigenvalue weighted by Crippen LogP contribution is -2.68. The first kappa shape index (κ1) is 59.0. The molecule has 0 amide bonds. The average Bonchev–Trinajstić information content (AvgIpc) is 3.31. The van der Waals surface area contributed by atoms with Crippen LogP contribution >= 0.6 is 0 Å². The molecule has 20 nitrogen and oxygen atoms in total. The van der Waals surface area contributed by atoms with Crippen LogP contribution in [0.4, 0.5) is 0 Å². The van der Waals surface area contributed by atoms with Crippen molar-refractivity contribution < 1.29 is 95.2 Å². The molecule has 0 bridgehead atoms. The fourth-order valence-electron chi connectivity index (χ4n) is 15.7. The maximum atomic E-state index is 13.9. The molecule has 2 saturated heterocycles. The molecule has 7 aliphatic rings. The van der Waals surface area contributed by atoms with Crippen LogP contribution in [0.5, 0.6) is 0 Å². The van der Waals surface area contributed by atoms with Gasteiger partial charge in [0.2, 0.25) is 6.29 Å². The van der Waals surface area contributed by atoms with E-state index in [1.54, 1.807) is 0 Å². The number of hydrogen-bond donors (Lipinski definition) is 0. The van der Waals surface area contributed by atoms with E-state index in [0.717, 1.165) is 99.5 Å². The number of ether oxygens (including phenoxy) is 12. The van der Waals surface area contributed by atoms with E-state index in [4.69, 9.17) is 56.8 Å². The van der Waals surface area contributed by atoms with Crippen LogP contribution in [0.1, 0.15) is 154 Å². The summed E-state index contributed by atoms with van der Waals surface area (Å²) in [6, 6.07) is 0. The van der Waals surface area contributed by atoms with Gasteiger partial charge in [-0.1, -0.05) is 60.1 Å². The summed E-state index contributed by atoms with van der Waals surface area (Å²) in [4.78, 5) is 104. The number of methoxy groups -OCH3 is 2. The van der Waals surface area contributed by atoms with E-state index in [2.05, 4.69) is 54.5 Å². The Labute approximate surface area is 446 Å². The van der Waals surface area contributed by atoms with Crippen molar-refractivity contribution in [2.24, 2.45) is 50.2 Å². The number of rotatable bonds is 13. The normalized spacial score (nSPS) is 41.0. The number of carbonyl (C=O) groups is 8. The van der Waals surface area contributed by atoms with Crippen LogP contribution < -0.4 is 0 Å². The van der Waals surface area contributed by atoms with Crippen molar-refractivity contribution in [3.05, 3.63) is 11.6 Å². The standard InChI is InChI=1S/C56H82O20/c1-28(57)67-27-36-40(68-29(2)58)41(69-30(3)59)46(76-49-45(72-33(6)62)43(71-32(5)61)42(70-31(4)60)44(75-49)47(63)65-14)48(73-36)74-39-19-20-53(11)37(52(39,9)10)18-21-55(13)38(53)17-16-34-35-26-51(7,8)22-24-56(35,50(64)66-15)25-23-54(34,55)12/h16,35-46,48-49H,17-27H2,1-15H3/t35-,36+,37-,38+,39-,40+,41-,42-,43-,44-,45+,46+,48-,49-,53-,54+,55+,56-/m0/s1. The molecular weight excluding hydrogens is 993 g/mol. The van der Waals surface area contributed by atoms with Gasteiger partial charge < -0.3 is 56.8 Å². The Morgan fingerprint density at radius 1 is 0.566 bits per heavy atom. The third-order valence-electron chi connectivity index (χ3n) is 19.2. The molecule has 0 N–H and O–H groups in total. The first-order valence-corrected chi connectivity index (χ1v) is 26.9. The molecular formula is C56H82O20. The smallest absolute Gasteiger partial charge is 0.339 e. The largest absolute Gasteiger partial charge is 0.469 e. The molecule has 0 spiro atoms. The lowest BCUT2D eigenvalue weighted by atomic mass is 9.33. The molecule has 2 heterocycles. The highest BCUT2D eigenvalue weighted by Crippen LogP contribution is 2.76. The fraction of sp³-hybridized carbons (Fsp3) is 0.821. The van der Waals surface area contributed by atoms with Crippen LogP contribution in [0.2, 0.25) is 0 Å². The van der Waals surface area contributed by atoms with Gasteiger partial charge in [0.15, 0.2) is 49.0 Å². The highest BCUT2D eigenvalue weighted by molar-refractivity contribution is 5.79. The zero-order chi connectivity index (χ0) is 56.2. The summed E-state index contributed by atoms with van der Waals surface area (Å²) in [6.07, 6.45) is -6.55. The summed E-state index contributed by atoms with van der Waals surface area (Å²) in [5.74, 6) is -5.86. The zero-order valence-corrected chi connectivity index (χ0v) is 47.1. The van der Waals surface area contributed by atoms with E-state index in [1.165, 1.54) is 19.6 Å². The molecule has 0 unspecified atom stereocenters. The van der Waals surface area contributed by atoms with Crippen LogP contribution in [0.25, 0.3) is 0 Å². The van der Waals surface area contributed by atoms with E-state index in [1.807, 2.05) is 0 Å². The van der Waals surface area contributed by atoms with Crippen molar-refractivity contribution in [1.29, 1.82) is 0 Å². The number of esters is 8. The highest BCUT2D eigenvalue weighted by atomic mass is 16.8. The lowest BCUT2D eigenvalue weighted by molar-refractivity contribution is -0.376. The molecule has 2 aliphatic heterocycles. The lowest BCUT2D eigenvalue weighted by Gasteiger charge is -2.71. The SMILES string of the molecule is COC(=O)[C@H]1O[C@@H](O[C@H]2[C@H](O[C@H]3CC[C@]4(C)[C@H]5CC=C6[C@@H]7CC(C)(C)CC[C@]7(C(=O)OC)CC[C@@]6(C)[C@]5(C)CC[C@H]4C3(C)C)O[C@H](COC(C)=O)[C@@H](OC(C)=O)[C@@H]2OC(C)=O)[C@H](OC(C)=O)[C@@H](OC(C)=O)[C@@H]1OC(C)=O. The van der Waals surface area contributed by atoms with Crippen LogP contribution in [0, 0.1) is 50.2 Å². The average molecular weight is 1080 g/mol. The van der Waals surface area contributed by atoms with E-state index in [-0.39, 0.29) is 45.4 Å². The first-order valence-electron chi connectivity index (χ1n) is 26.9. The van der Waals surface area contributed by atoms with E-state index >= 15 is 0 Å². The second-order valence-electron chi connectivity index (χ2n) is 24.6. The van der Waals surface area contributed by atoms with Crippen molar-refractivity contribution in [3.8, 4) is 0 Å². The summed E-state index contributed by atoms with van der Waals surface area (Å²) < 4.78 is 71.3. The Hall–Kier alpha value is -4.66. The second-order valence-corrected chi connectivity index (χ2v) is 24.6. The second kappa shape index (κ2) is 21.9. The molecule has 0 radical (unpaired) electrons. The van der Waals surface area contributed by atoms with Gasteiger partial charge >= 0.3 is 47.8 Å². The first-order chi connectivity index (χ1) is 35.4. The minimum absolute atomic E-state index is 0.0802. The van der Waals surface area contributed by atoms with Gasteiger partial charge in [0.05, 0.1) is 25.7 Å². The minimum Gasteiger partial charge on any atom is -0.469 e. The molecule has 0 aromatic rings. The Bertz CT molecular complexity index is 2310. The zero-order valence-electron chi connectivity index (χ0n) is 47.1. The summed E-state index contributed by atoms with van der Waals surface area (Å²) in [5, 5.41) is 0. The van der Waals surface area contributed by atoms with Crippen molar-refractivity contribution in [2.75, 3.05) is 20.8 Å². The maximum Gasteiger partial charge on any atom is 0.339 e. The third kappa shape index (κ3) is 10.8. The molecule has 20 heteroatoms. The molecule has 5 aliphatic carbocycles. The van der Waals surface area contributed by atoms with Crippen LogP contribution in [0.15, 0.2) is 11.6 Å². The van der Waals surface area contributed by atoms with Gasteiger partial charge in [-0.15, -0.1) is 0 Å². The fourth-order valence-corrected chi connectivity index (χ4v) is 15.7. The summed E-state index contributed by atoms with van der Waals surface area (Å²) in [7, 11) is 2.56. The van der Waals surface area contributed by atoms with Crippen molar-refractivity contribution >= 4 is 47.8 Å². The molecule has 0 aromatic heterocycles. The summed E-state index contributed by atoms with van der Waals surface area (Å²) in [5.41, 5.74) is -0.0746. The van der Waals surface area contributed by atoms with E-state index in [9.17, 15) is 38.4 Å². The predicted octanol–water partition coefficient (Wildman–Crippen LogP) is 6.58. The topological polar surface area (TPSA) is 247 Å². The van der Waals surface area contributed by atoms with Gasteiger partial charge in [-0.2, -0.15) is 0 Å². The van der Waals surface area contributed by atoms with Gasteiger partial charge in [-0.25, -0.2) is 4.79 Å². The Morgan fingerprint density at radius 3 is 1.70 bits per heavy atom. The predicted molar refractivity (Wildman–Crippen MR) is 265 cm³/mol. The van der Waals surface area contributed by atoms with Crippen molar-refractivity contribution in [1.82, 2.24) is 0 Å². The van der Waals surface area contributed by atoms with Crippen LogP contribution in [-0.2, 0) is 95.2 Å². The number of fused-ring (bicyclic) bond motifs is 7. The summed E-state index contributed by atoms with van der Waals surface area (Å²) >= 11 is 0. The summed E-state index contributed by atoms with van der Waals surface area (Å²) in [6.45, 7) is 22.4. The quantitative estimate of drug-likeness (QED) is 0.0818. The third-order valence-corrected chi connectivity index (χ3v) is 19.2. The number of allylic oxidation sites excluding steroid dienone is 2. The van der Waals surface area contributed by atoms with Crippen LogP contribution in [0.3, 0.4) is 0 Å². The Balaban J connectivity index is 1.28. The van der Waals surface area contributed by atoms with Crippen molar-refractivity contribution in [2.45, 2.75) is 222 Å². The van der Waals surface area contributed by atoms with E-state index < -0.39 is 127 Å². The Kier molecular flexibility index (Phi) is 17.0. The maximum absolute atomic E-state index is 13.9. The number of hydrogen-bond acceptors (Lipinski definition) is 20. The van der Waals surface area contributed by atoms with Gasteiger partial charge in [-0.05, 0) is 109 Å². The van der Waals surface area contributed by atoms with Crippen LogP contribution in [-0.4, -0.2) is 136 Å². The minimum atomic E-state index is -1.92. The molecule has 6 fully saturated rings. The molecule has 0 aromatic carbocycles. The highest BCUT2D eigenvalue weighted by Gasteiger charge is 2.70. The molecule has 4 saturated carbocycles. The van der Waals surface area contributed by atoms with Gasteiger partial charge in [-0.3, -0.25) is 33.6 Å². The van der Waals surface area contributed by atoms with Gasteiger partial charge in [0, 0.05) is 41.5 Å². The molecule has 426 valence electrons. The van der Waals surface area contributed by atoms with E-state index in [0.29, 0.717) is 6.42 Å². The monoisotopic (exact) mass is 1070 g/mol. The van der Waals surface area contributed by atoms with Gasteiger partial charge in [0.1, 0.15) is 12.7 Å². The van der Waals surface area contributed by atoms with Crippen molar-refractivity contribution in [3.63, 3.8) is 0 Å². The molecule has 7 rings (SSSR count). The number of carbonyl (C=O) groups excluding carboxylic acids is 8. The van der Waals surface area contributed by atoms with Gasteiger partial charge in [0.25, 0.3) is 0 Å².